The summed E-state index contributed by atoms with van der Waals surface area (Å²) in [6.45, 7) is 12.0. The zero-order valence-corrected chi connectivity index (χ0v) is 16.9. The van der Waals surface area contributed by atoms with E-state index in [2.05, 4.69) is 48.0 Å². The Morgan fingerprint density at radius 1 is 1.04 bits per heavy atom. The summed E-state index contributed by atoms with van der Waals surface area (Å²) in [5.41, 5.74) is 2.39. The first-order valence-electron chi connectivity index (χ1n) is 10.2. The fraction of sp³-hybridized carbons (Fsp3) is 0.682. The van der Waals surface area contributed by atoms with Gasteiger partial charge < -0.3 is 10.2 Å². The molecular weight excluding hydrogens is 322 g/mol. The van der Waals surface area contributed by atoms with Gasteiger partial charge in [-0.25, -0.2) is 0 Å². The summed E-state index contributed by atoms with van der Waals surface area (Å²) < 4.78 is 0. The number of hydrogen-bond donors (Lipinski definition) is 1. The molecule has 2 heterocycles. The van der Waals surface area contributed by atoms with E-state index in [0.717, 1.165) is 30.6 Å². The molecule has 1 aromatic rings. The highest BCUT2D eigenvalue weighted by atomic mass is 16.1. The highest BCUT2D eigenvalue weighted by Gasteiger charge is 2.33. The lowest BCUT2D eigenvalue weighted by Crippen LogP contribution is -2.50. The molecule has 0 radical (unpaired) electrons. The molecule has 26 heavy (non-hydrogen) atoms. The molecule has 2 aliphatic rings. The van der Waals surface area contributed by atoms with Gasteiger partial charge >= 0.3 is 0 Å². The van der Waals surface area contributed by atoms with Crippen molar-refractivity contribution in [2.45, 2.75) is 52.5 Å². The van der Waals surface area contributed by atoms with Gasteiger partial charge in [-0.15, -0.1) is 0 Å². The molecule has 2 aliphatic heterocycles. The molecule has 0 spiro atoms. The third-order valence-electron chi connectivity index (χ3n) is 6.38. The summed E-state index contributed by atoms with van der Waals surface area (Å²) in [4.78, 5) is 16.9. The first-order chi connectivity index (χ1) is 12.4. The number of carbonyl (C=O) groups excluding carboxylic acids is 1. The summed E-state index contributed by atoms with van der Waals surface area (Å²) in [7, 11) is 1.67. The van der Waals surface area contributed by atoms with E-state index in [1.165, 1.54) is 44.5 Å². The molecule has 4 heteroatoms. The van der Waals surface area contributed by atoms with Crippen LogP contribution in [0.5, 0.6) is 0 Å². The normalized spacial score (nSPS) is 23.1. The Morgan fingerprint density at radius 2 is 1.69 bits per heavy atom. The number of nitrogens with one attached hydrogen (secondary N) is 1. The Hall–Kier alpha value is -1.55. The van der Waals surface area contributed by atoms with Crippen LogP contribution >= 0.6 is 0 Å². The van der Waals surface area contributed by atoms with E-state index >= 15 is 0 Å². The molecule has 3 rings (SSSR count). The number of piperidine rings is 2. The van der Waals surface area contributed by atoms with Crippen molar-refractivity contribution in [2.75, 3.05) is 38.1 Å². The number of amides is 1. The van der Waals surface area contributed by atoms with E-state index in [1.54, 1.807) is 7.05 Å². The van der Waals surface area contributed by atoms with Crippen LogP contribution in [-0.2, 0) is 0 Å². The standard InChI is InChI=1S/C22H35N3O/c1-22(2,3)18-6-5-13-25(16-18)20-11-14-24(15-12-20)19-9-7-17(8-10-19)21(26)23-4/h7-10,18,20H,5-6,11-16H2,1-4H3,(H,23,26). The predicted molar refractivity (Wildman–Crippen MR) is 109 cm³/mol. The third-order valence-corrected chi connectivity index (χ3v) is 6.38. The fourth-order valence-electron chi connectivity index (χ4n) is 4.50. The largest absolute Gasteiger partial charge is 0.371 e. The molecule has 2 fully saturated rings. The second-order valence-electron chi connectivity index (χ2n) is 9.04. The number of rotatable bonds is 3. The summed E-state index contributed by atoms with van der Waals surface area (Å²) in [6.07, 6.45) is 5.22. The zero-order chi connectivity index (χ0) is 18.7. The van der Waals surface area contributed by atoms with Crippen LogP contribution in [0, 0.1) is 11.3 Å². The molecule has 0 aliphatic carbocycles. The van der Waals surface area contributed by atoms with Crippen LogP contribution in [0.1, 0.15) is 56.8 Å². The van der Waals surface area contributed by atoms with E-state index in [0.29, 0.717) is 5.41 Å². The van der Waals surface area contributed by atoms with E-state index < -0.39 is 0 Å². The van der Waals surface area contributed by atoms with Gasteiger partial charge in [-0.1, -0.05) is 20.8 Å². The lowest BCUT2D eigenvalue weighted by atomic mass is 9.76. The van der Waals surface area contributed by atoms with Crippen LogP contribution in [0.3, 0.4) is 0 Å². The van der Waals surface area contributed by atoms with Crippen molar-refractivity contribution in [1.29, 1.82) is 0 Å². The lowest BCUT2D eigenvalue weighted by molar-refractivity contribution is 0.0593. The molecule has 1 N–H and O–H groups in total. The van der Waals surface area contributed by atoms with E-state index in [4.69, 9.17) is 0 Å². The Labute approximate surface area is 158 Å². The summed E-state index contributed by atoms with van der Waals surface area (Å²) in [5, 5.41) is 2.68. The van der Waals surface area contributed by atoms with Crippen molar-refractivity contribution in [3.05, 3.63) is 29.8 Å². The van der Waals surface area contributed by atoms with Crippen molar-refractivity contribution < 1.29 is 4.79 Å². The minimum Gasteiger partial charge on any atom is -0.371 e. The van der Waals surface area contributed by atoms with Crippen LogP contribution in [0.25, 0.3) is 0 Å². The van der Waals surface area contributed by atoms with Gasteiger partial charge in [0.2, 0.25) is 0 Å². The molecule has 1 atom stereocenters. The van der Waals surface area contributed by atoms with Gasteiger partial charge in [0, 0.05) is 44.0 Å². The summed E-state index contributed by atoms with van der Waals surface area (Å²) in [6, 6.07) is 8.77. The van der Waals surface area contributed by atoms with Crippen LogP contribution in [0.2, 0.25) is 0 Å². The highest BCUT2D eigenvalue weighted by Crippen LogP contribution is 2.35. The molecule has 0 saturated carbocycles. The van der Waals surface area contributed by atoms with Crippen LogP contribution in [0.4, 0.5) is 5.69 Å². The first kappa shape index (κ1) is 19.2. The molecule has 1 amide bonds. The zero-order valence-electron chi connectivity index (χ0n) is 16.9. The minimum atomic E-state index is -0.0197. The van der Waals surface area contributed by atoms with Gasteiger partial charge in [-0.3, -0.25) is 9.69 Å². The number of carbonyl (C=O) groups is 1. The smallest absolute Gasteiger partial charge is 0.251 e. The monoisotopic (exact) mass is 357 g/mol. The SMILES string of the molecule is CNC(=O)c1ccc(N2CCC(N3CCCC(C(C)(C)C)C3)CC2)cc1. The Morgan fingerprint density at radius 3 is 2.27 bits per heavy atom. The van der Waals surface area contributed by atoms with Gasteiger partial charge in [0.1, 0.15) is 0 Å². The average Bonchev–Trinajstić information content (AvgIpc) is 2.67. The average molecular weight is 358 g/mol. The van der Waals surface area contributed by atoms with Crippen LogP contribution < -0.4 is 10.2 Å². The van der Waals surface area contributed by atoms with Gasteiger partial charge in [0.15, 0.2) is 0 Å². The maximum Gasteiger partial charge on any atom is 0.251 e. The molecule has 4 nitrogen and oxygen atoms in total. The number of nitrogens with zero attached hydrogens (tertiary/aromatic N) is 2. The fourth-order valence-corrected chi connectivity index (χ4v) is 4.50. The summed E-state index contributed by atoms with van der Waals surface area (Å²) >= 11 is 0. The second-order valence-corrected chi connectivity index (χ2v) is 9.04. The number of anilines is 1. The minimum absolute atomic E-state index is 0.0197. The highest BCUT2D eigenvalue weighted by molar-refractivity contribution is 5.94. The van der Waals surface area contributed by atoms with Crippen molar-refractivity contribution in [2.24, 2.45) is 11.3 Å². The molecule has 0 bridgehead atoms. The molecule has 0 aromatic heterocycles. The molecule has 1 unspecified atom stereocenters. The Kier molecular flexibility index (Phi) is 5.91. The van der Waals surface area contributed by atoms with Gasteiger partial charge in [0.05, 0.1) is 0 Å². The number of benzene rings is 1. The third kappa shape index (κ3) is 4.40. The van der Waals surface area contributed by atoms with Gasteiger partial charge in [-0.05, 0) is 67.8 Å². The molecular formula is C22H35N3O. The predicted octanol–water partition coefficient (Wildman–Crippen LogP) is 3.77. The van der Waals surface area contributed by atoms with Crippen LogP contribution in [0.15, 0.2) is 24.3 Å². The maximum absolute atomic E-state index is 11.7. The lowest BCUT2D eigenvalue weighted by Gasteiger charge is -2.45. The Balaban J connectivity index is 1.55. The van der Waals surface area contributed by atoms with Crippen molar-refractivity contribution in [3.8, 4) is 0 Å². The van der Waals surface area contributed by atoms with Gasteiger partial charge in [0.25, 0.3) is 5.91 Å². The quantitative estimate of drug-likeness (QED) is 0.894. The molecule has 2 saturated heterocycles. The molecule has 1 aromatic carbocycles. The van der Waals surface area contributed by atoms with Crippen molar-refractivity contribution in [3.63, 3.8) is 0 Å². The Bertz CT molecular complexity index is 597. The number of hydrogen-bond acceptors (Lipinski definition) is 3. The molecule has 144 valence electrons. The second kappa shape index (κ2) is 7.99. The topological polar surface area (TPSA) is 35.6 Å². The van der Waals surface area contributed by atoms with E-state index in [-0.39, 0.29) is 5.91 Å². The van der Waals surface area contributed by atoms with Crippen molar-refractivity contribution in [1.82, 2.24) is 10.2 Å². The van der Waals surface area contributed by atoms with Crippen LogP contribution in [-0.4, -0.2) is 50.1 Å². The first-order valence-corrected chi connectivity index (χ1v) is 10.2. The van der Waals surface area contributed by atoms with Crippen molar-refractivity contribution >= 4 is 11.6 Å². The summed E-state index contributed by atoms with van der Waals surface area (Å²) in [5.74, 6) is 0.806. The number of likely N-dealkylation sites (tertiary alicyclic amines) is 1. The van der Waals surface area contributed by atoms with E-state index in [9.17, 15) is 4.79 Å². The van der Waals surface area contributed by atoms with E-state index in [1.807, 2.05) is 12.1 Å². The van der Waals surface area contributed by atoms with Gasteiger partial charge in [-0.2, -0.15) is 0 Å². The maximum atomic E-state index is 11.7.